The lowest BCUT2D eigenvalue weighted by atomic mass is 10.4. The van der Waals surface area contributed by atoms with Crippen molar-refractivity contribution in [1.29, 1.82) is 0 Å². The summed E-state index contributed by atoms with van der Waals surface area (Å²) in [6.07, 6.45) is 1.73. The standard InChI is InChI=1S/C9H11N3OS/c1-13-5-4-12-7-10-11-9(12)8-3-2-6-14-8/h2-3,6-7H,4-5H2,1H3. The van der Waals surface area contributed by atoms with Gasteiger partial charge in [0.1, 0.15) is 6.33 Å². The molecular weight excluding hydrogens is 198 g/mol. The van der Waals surface area contributed by atoms with Gasteiger partial charge in [-0.1, -0.05) is 6.07 Å². The second kappa shape index (κ2) is 4.34. The molecule has 0 aliphatic rings. The first-order chi connectivity index (χ1) is 6.92. The largest absolute Gasteiger partial charge is 0.383 e. The number of rotatable bonds is 4. The molecule has 0 spiro atoms. The maximum Gasteiger partial charge on any atom is 0.173 e. The fourth-order valence-electron chi connectivity index (χ4n) is 1.20. The maximum absolute atomic E-state index is 5.01. The molecule has 2 aromatic rings. The van der Waals surface area contributed by atoms with E-state index in [-0.39, 0.29) is 0 Å². The second-order valence-corrected chi connectivity index (χ2v) is 3.77. The average Bonchev–Trinajstić information content (AvgIpc) is 2.84. The van der Waals surface area contributed by atoms with E-state index in [2.05, 4.69) is 10.2 Å². The molecule has 5 heteroatoms. The van der Waals surface area contributed by atoms with Gasteiger partial charge in [0.2, 0.25) is 0 Å². The second-order valence-electron chi connectivity index (χ2n) is 2.82. The molecule has 0 saturated heterocycles. The Morgan fingerprint density at radius 3 is 3.21 bits per heavy atom. The van der Waals surface area contributed by atoms with E-state index >= 15 is 0 Å². The van der Waals surface area contributed by atoms with E-state index in [0.717, 1.165) is 17.2 Å². The van der Waals surface area contributed by atoms with Gasteiger partial charge in [-0.15, -0.1) is 21.5 Å². The molecule has 2 heterocycles. The predicted octanol–water partition coefficient (Wildman–Crippen LogP) is 1.65. The van der Waals surface area contributed by atoms with Crippen LogP contribution in [0.1, 0.15) is 0 Å². The monoisotopic (exact) mass is 209 g/mol. The highest BCUT2D eigenvalue weighted by atomic mass is 32.1. The fourth-order valence-corrected chi connectivity index (χ4v) is 1.93. The van der Waals surface area contributed by atoms with Crippen LogP contribution in [0.4, 0.5) is 0 Å². The number of hydrogen-bond acceptors (Lipinski definition) is 4. The first-order valence-corrected chi connectivity index (χ1v) is 5.20. The highest BCUT2D eigenvalue weighted by Gasteiger charge is 2.06. The SMILES string of the molecule is COCCn1cnnc1-c1cccs1. The van der Waals surface area contributed by atoms with E-state index in [1.165, 1.54) is 0 Å². The zero-order valence-corrected chi connectivity index (χ0v) is 8.70. The Bertz CT molecular complexity index is 382. The lowest BCUT2D eigenvalue weighted by Gasteiger charge is -2.03. The summed E-state index contributed by atoms with van der Waals surface area (Å²) in [5.74, 6) is 0.914. The van der Waals surface area contributed by atoms with Crippen molar-refractivity contribution in [2.75, 3.05) is 13.7 Å². The summed E-state index contributed by atoms with van der Waals surface area (Å²) in [5, 5.41) is 10.0. The molecule has 0 bridgehead atoms. The number of aromatic nitrogens is 3. The average molecular weight is 209 g/mol. The van der Waals surface area contributed by atoms with Gasteiger partial charge in [0.05, 0.1) is 11.5 Å². The third-order valence-corrected chi connectivity index (χ3v) is 2.76. The van der Waals surface area contributed by atoms with Crippen molar-refractivity contribution in [3.63, 3.8) is 0 Å². The summed E-state index contributed by atoms with van der Waals surface area (Å²) in [4.78, 5) is 1.14. The van der Waals surface area contributed by atoms with E-state index in [4.69, 9.17) is 4.74 Å². The maximum atomic E-state index is 5.01. The van der Waals surface area contributed by atoms with E-state index in [1.807, 2.05) is 22.1 Å². The van der Waals surface area contributed by atoms with Gasteiger partial charge in [0.15, 0.2) is 5.82 Å². The van der Waals surface area contributed by atoms with E-state index < -0.39 is 0 Å². The summed E-state index contributed by atoms with van der Waals surface area (Å²) in [6, 6.07) is 4.05. The molecule has 0 saturated carbocycles. The van der Waals surface area contributed by atoms with Crippen LogP contribution >= 0.6 is 11.3 Å². The van der Waals surface area contributed by atoms with Gasteiger partial charge in [-0.05, 0) is 11.4 Å². The van der Waals surface area contributed by atoms with Crippen molar-refractivity contribution in [2.45, 2.75) is 6.54 Å². The molecule has 0 unspecified atom stereocenters. The minimum atomic E-state index is 0.677. The summed E-state index contributed by atoms with van der Waals surface area (Å²) in [7, 11) is 1.69. The van der Waals surface area contributed by atoms with Gasteiger partial charge in [0.25, 0.3) is 0 Å². The Hall–Kier alpha value is -1.20. The van der Waals surface area contributed by atoms with Crippen LogP contribution in [0.15, 0.2) is 23.8 Å². The molecule has 14 heavy (non-hydrogen) atoms. The van der Waals surface area contributed by atoms with E-state index in [1.54, 1.807) is 24.8 Å². The minimum Gasteiger partial charge on any atom is -0.383 e. The molecule has 0 radical (unpaired) electrons. The van der Waals surface area contributed by atoms with Crippen LogP contribution in [0.25, 0.3) is 10.7 Å². The normalized spacial score (nSPS) is 10.6. The number of thiophene rings is 1. The lowest BCUT2D eigenvalue weighted by molar-refractivity contribution is 0.187. The Kier molecular flexibility index (Phi) is 2.90. The van der Waals surface area contributed by atoms with Crippen LogP contribution in [0.2, 0.25) is 0 Å². The molecule has 2 rings (SSSR count). The van der Waals surface area contributed by atoms with Gasteiger partial charge in [-0.2, -0.15) is 0 Å². The van der Waals surface area contributed by atoms with Gasteiger partial charge < -0.3 is 9.30 Å². The third kappa shape index (κ3) is 1.83. The van der Waals surface area contributed by atoms with Crippen molar-refractivity contribution in [3.05, 3.63) is 23.8 Å². The number of methoxy groups -OCH3 is 1. The van der Waals surface area contributed by atoms with Crippen molar-refractivity contribution in [2.24, 2.45) is 0 Å². The Morgan fingerprint density at radius 1 is 1.57 bits per heavy atom. The number of nitrogens with zero attached hydrogens (tertiary/aromatic N) is 3. The third-order valence-electron chi connectivity index (χ3n) is 1.89. The molecule has 0 aliphatic heterocycles. The number of hydrogen-bond donors (Lipinski definition) is 0. The smallest absolute Gasteiger partial charge is 0.173 e. The molecule has 0 fully saturated rings. The highest BCUT2D eigenvalue weighted by Crippen LogP contribution is 2.21. The first kappa shape index (κ1) is 9.36. The molecular formula is C9H11N3OS. The van der Waals surface area contributed by atoms with Crippen LogP contribution in [0.3, 0.4) is 0 Å². The molecule has 74 valence electrons. The van der Waals surface area contributed by atoms with Crippen molar-refractivity contribution in [3.8, 4) is 10.7 Å². The zero-order valence-electron chi connectivity index (χ0n) is 7.88. The predicted molar refractivity (Wildman–Crippen MR) is 55.2 cm³/mol. The lowest BCUT2D eigenvalue weighted by Crippen LogP contribution is -2.04. The van der Waals surface area contributed by atoms with E-state index in [9.17, 15) is 0 Å². The van der Waals surface area contributed by atoms with Crippen molar-refractivity contribution < 1.29 is 4.74 Å². The first-order valence-electron chi connectivity index (χ1n) is 4.32. The van der Waals surface area contributed by atoms with Gasteiger partial charge in [0, 0.05) is 13.7 Å². The summed E-state index contributed by atoms with van der Waals surface area (Å²) in [5.41, 5.74) is 0. The van der Waals surface area contributed by atoms with Gasteiger partial charge in [-0.25, -0.2) is 0 Å². The molecule has 4 nitrogen and oxygen atoms in total. The van der Waals surface area contributed by atoms with Crippen LogP contribution in [0.5, 0.6) is 0 Å². The molecule has 0 aromatic carbocycles. The molecule has 2 aromatic heterocycles. The number of ether oxygens (including phenoxy) is 1. The quantitative estimate of drug-likeness (QED) is 0.768. The highest BCUT2D eigenvalue weighted by molar-refractivity contribution is 7.13. The molecule has 0 N–H and O–H groups in total. The van der Waals surface area contributed by atoms with Crippen molar-refractivity contribution >= 4 is 11.3 Å². The minimum absolute atomic E-state index is 0.677. The summed E-state index contributed by atoms with van der Waals surface area (Å²) >= 11 is 1.66. The Morgan fingerprint density at radius 2 is 2.50 bits per heavy atom. The Labute approximate surface area is 86.2 Å². The Balaban J connectivity index is 2.22. The fraction of sp³-hybridized carbons (Fsp3) is 0.333. The molecule has 0 aliphatic carbocycles. The van der Waals surface area contributed by atoms with E-state index in [0.29, 0.717) is 6.61 Å². The molecule has 0 amide bonds. The summed E-state index contributed by atoms with van der Waals surface area (Å²) in [6.45, 7) is 1.47. The van der Waals surface area contributed by atoms with Crippen LogP contribution < -0.4 is 0 Å². The van der Waals surface area contributed by atoms with Crippen LogP contribution in [-0.4, -0.2) is 28.5 Å². The van der Waals surface area contributed by atoms with Gasteiger partial charge in [-0.3, -0.25) is 0 Å². The molecule has 0 atom stereocenters. The van der Waals surface area contributed by atoms with Crippen molar-refractivity contribution in [1.82, 2.24) is 14.8 Å². The topological polar surface area (TPSA) is 39.9 Å². The summed E-state index contributed by atoms with van der Waals surface area (Å²) < 4.78 is 7.01. The van der Waals surface area contributed by atoms with Crippen LogP contribution in [0, 0.1) is 0 Å². The zero-order chi connectivity index (χ0) is 9.80. The van der Waals surface area contributed by atoms with Crippen LogP contribution in [-0.2, 0) is 11.3 Å². The van der Waals surface area contributed by atoms with Gasteiger partial charge >= 0.3 is 0 Å².